The number of esters is 1. The zero-order valence-corrected chi connectivity index (χ0v) is 8.43. The third-order valence-corrected chi connectivity index (χ3v) is 2.55. The van der Waals surface area contributed by atoms with Gasteiger partial charge in [-0.15, -0.1) is 11.3 Å². The Morgan fingerprint density at radius 1 is 1.85 bits per heavy atom. The Labute approximate surface area is 80.7 Å². The molecule has 0 spiro atoms. The highest BCUT2D eigenvalue weighted by atomic mass is 32.1. The maximum absolute atomic E-state index is 11.0. The molecule has 0 aromatic carbocycles. The van der Waals surface area contributed by atoms with Crippen molar-refractivity contribution in [3.8, 4) is 0 Å². The van der Waals surface area contributed by atoms with Gasteiger partial charge in [-0.05, 0) is 6.92 Å². The van der Waals surface area contributed by atoms with E-state index in [9.17, 15) is 4.79 Å². The molecule has 0 amide bonds. The van der Waals surface area contributed by atoms with E-state index >= 15 is 0 Å². The summed E-state index contributed by atoms with van der Waals surface area (Å²) in [6, 6.07) is -0.601. The third-order valence-electron chi connectivity index (χ3n) is 1.57. The molecule has 1 atom stereocenters. The van der Waals surface area contributed by atoms with Crippen molar-refractivity contribution in [2.75, 3.05) is 7.11 Å². The van der Waals surface area contributed by atoms with Crippen LogP contribution in [0.15, 0.2) is 5.38 Å². The van der Waals surface area contributed by atoms with Crippen molar-refractivity contribution in [3.63, 3.8) is 0 Å². The van der Waals surface area contributed by atoms with Crippen LogP contribution in [0.3, 0.4) is 0 Å². The minimum Gasteiger partial charge on any atom is -0.468 e. The monoisotopic (exact) mass is 200 g/mol. The van der Waals surface area contributed by atoms with Gasteiger partial charge in [0.15, 0.2) is 0 Å². The van der Waals surface area contributed by atoms with E-state index in [4.69, 9.17) is 5.73 Å². The summed E-state index contributed by atoms with van der Waals surface area (Å²) in [6.45, 7) is 1.91. The number of methoxy groups -OCH3 is 1. The van der Waals surface area contributed by atoms with E-state index in [1.165, 1.54) is 18.4 Å². The summed E-state index contributed by atoms with van der Waals surface area (Å²) in [5, 5.41) is 2.80. The molecule has 72 valence electrons. The van der Waals surface area contributed by atoms with Crippen molar-refractivity contribution in [3.05, 3.63) is 16.1 Å². The zero-order chi connectivity index (χ0) is 9.84. The molecule has 1 aromatic rings. The molecule has 1 rings (SSSR count). The number of aryl methyl sites for hydroxylation is 1. The molecular formula is C8H12N2O2S. The van der Waals surface area contributed by atoms with Gasteiger partial charge in [-0.3, -0.25) is 4.79 Å². The molecule has 5 heteroatoms. The summed E-state index contributed by atoms with van der Waals surface area (Å²) in [5.74, 6) is -0.396. The normalized spacial score (nSPS) is 12.5. The van der Waals surface area contributed by atoms with Crippen LogP contribution in [-0.2, 0) is 16.0 Å². The summed E-state index contributed by atoms with van der Waals surface area (Å²) in [4.78, 5) is 15.2. The quantitative estimate of drug-likeness (QED) is 0.721. The molecule has 0 aliphatic carbocycles. The van der Waals surface area contributed by atoms with Crippen molar-refractivity contribution in [2.45, 2.75) is 19.4 Å². The summed E-state index contributed by atoms with van der Waals surface area (Å²) in [7, 11) is 1.33. The number of nitrogens with zero attached hydrogens (tertiary/aromatic N) is 1. The van der Waals surface area contributed by atoms with E-state index in [0.717, 1.165) is 10.7 Å². The van der Waals surface area contributed by atoms with Gasteiger partial charge in [-0.25, -0.2) is 4.98 Å². The van der Waals surface area contributed by atoms with Crippen LogP contribution in [0.1, 0.15) is 10.7 Å². The Bertz CT molecular complexity index is 298. The van der Waals surface area contributed by atoms with Crippen LogP contribution in [0.2, 0.25) is 0 Å². The lowest BCUT2D eigenvalue weighted by Gasteiger charge is -2.05. The van der Waals surface area contributed by atoms with Crippen LogP contribution < -0.4 is 5.73 Å². The number of carbonyl (C=O) groups excluding carboxylic acids is 1. The lowest BCUT2D eigenvalue weighted by atomic mass is 10.2. The van der Waals surface area contributed by atoms with Gasteiger partial charge >= 0.3 is 5.97 Å². The second kappa shape index (κ2) is 4.34. The largest absolute Gasteiger partial charge is 0.468 e. The predicted octanol–water partition coefficient (Wildman–Crippen LogP) is 0.494. The van der Waals surface area contributed by atoms with Crippen molar-refractivity contribution < 1.29 is 9.53 Å². The average Bonchev–Trinajstić information content (AvgIpc) is 2.49. The zero-order valence-electron chi connectivity index (χ0n) is 7.61. The molecule has 1 heterocycles. The molecular weight excluding hydrogens is 188 g/mol. The molecule has 0 radical (unpaired) electrons. The molecule has 1 aromatic heterocycles. The number of thiazole rings is 1. The molecule has 0 saturated carbocycles. The summed E-state index contributed by atoms with van der Waals surface area (Å²) in [5.41, 5.74) is 6.52. The first-order valence-electron chi connectivity index (χ1n) is 3.88. The summed E-state index contributed by atoms with van der Waals surface area (Å²) >= 11 is 1.51. The minimum atomic E-state index is -0.601. The first-order valence-corrected chi connectivity index (χ1v) is 4.76. The number of nitrogens with two attached hydrogens (primary N) is 1. The van der Waals surface area contributed by atoms with Gasteiger partial charge in [0, 0.05) is 17.5 Å². The molecule has 0 aliphatic heterocycles. The van der Waals surface area contributed by atoms with Crippen molar-refractivity contribution in [1.82, 2.24) is 4.98 Å². The number of carbonyl (C=O) groups is 1. The van der Waals surface area contributed by atoms with E-state index in [0.29, 0.717) is 6.42 Å². The highest BCUT2D eigenvalue weighted by Gasteiger charge is 2.15. The Kier molecular flexibility index (Phi) is 3.39. The van der Waals surface area contributed by atoms with Crippen LogP contribution >= 0.6 is 11.3 Å². The highest BCUT2D eigenvalue weighted by molar-refractivity contribution is 7.09. The van der Waals surface area contributed by atoms with Gasteiger partial charge in [0.25, 0.3) is 0 Å². The van der Waals surface area contributed by atoms with Crippen molar-refractivity contribution >= 4 is 17.3 Å². The van der Waals surface area contributed by atoms with Crippen LogP contribution in [0, 0.1) is 6.92 Å². The molecule has 0 aliphatic rings. The van der Waals surface area contributed by atoms with Gasteiger partial charge < -0.3 is 10.5 Å². The van der Waals surface area contributed by atoms with Gasteiger partial charge in [0.1, 0.15) is 6.04 Å². The SMILES string of the molecule is COC(=O)C(N)Cc1nc(C)cs1. The van der Waals surface area contributed by atoms with E-state index < -0.39 is 12.0 Å². The Balaban J connectivity index is 2.54. The fourth-order valence-corrected chi connectivity index (χ4v) is 1.75. The molecule has 13 heavy (non-hydrogen) atoms. The number of rotatable bonds is 3. The second-order valence-electron chi connectivity index (χ2n) is 2.72. The second-order valence-corrected chi connectivity index (χ2v) is 3.66. The first kappa shape index (κ1) is 10.1. The van der Waals surface area contributed by atoms with Crippen LogP contribution in [0.4, 0.5) is 0 Å². The fourth-order valence-electron chi connectivity index (χ4n) is 0.919. The predicted molar refractivity (Wildman–Crippen MR) is 50.5 cm³/mol. The molecule has 4 nitrogen and oxygen atoms in total. The molecule has 0 fully saturated rings. The number of hydrogen-bond acceptors (Lipinski definition) is 5. The maximum atomic E-state index is 11.0. The highest BCUT2D eigenvalue weighted by Crippen LogP contribution is 2.10. The Hall–Kier alpha value is -0.940. The number of hydrogen-bond donors (Lipinski definition) is 1. The standard InChI is InChI=1S/C8H12N2O2S/c1-5-4-13-7(10-5)3-6(9)8(11)12-2/h4,6H,3,9H2,1-2H3. The van der Waals surface area contributed by atoms with E-state index in [1.54, 1.807) is 0 Å². The topological polar surface area (TPSA) is 65.2 Å². The lowest BCUT2D eigenvalue weighted by molar-refractivity contribution is -0.142. The van der Waals surface area contributed by atoms with E-state index in [2.05, 4.69) is 9.72 Å². The Morgan fingerprint density at radius 2 is 2.54 bits per heavy atom. The fraction of sp³-hybridized carbons (Fsp3) is 0.500. The molecule has 1 unspecified atom stereocenters. The molecule has 0 bridgehead atoms. The third kappa shape index (κ3) is 2.78. The summed E-state index contributed by atoms with van der Waals surface area (Å²) in [6.07, 6.45) is 0.450. The maximum Gasteiger partial charge on any atom is 0.323 e. The minimum absolute atomic E-state index is 0.396. The smallest absolute Gasteiger partial charge is 0.323 e. The average molecular weight is 200 g/mol. The van der Waals surface area contributed by atoms with Crippen LogP contribution in [0.5, 0.6) is 0 Å². The van der Waals surface area contributed by atoms with Gasteiger partial charge in [0.05, 0.1) is 12.1 Å². The van der Waals surface area contributed by atoms with E-state index in [-0.39, 0.29) is 0 Å². The van der Waals surface area contributed by atoms with Crippen molar-refractivity contribution in [1.29, 1.82) is 0 Å². The lowest BCUT2D eigenvalue weighted by Crippen LogP contribution is -2.33. The molecule has 2 N–H and O–H groups in total. The van der Waals surface area contributed by atoms with Crippen LogP contribution in [-0.4, -0.2) is 24.1 Å². The van der Waals surface area contributed by atoms with E-state index in [1.807, 2.05) is 12.3 Å². The first-order chi connectivity index (χ1) is 6.13. The summed E-state index contributed by atoms with van der Waals surface area (Å²) < 4.78 is 4.50. The van der Waals surface area contributed by atoms with Gasteiger partial charge in [0.2, 0.25) is 0 Å². The van der Waals surface area contributed by atoms with Crippen molar-refractivity contribution in [2.24, 2.45) is 5.73 Å². The number of ether oxygens (including phenoxy) is 1. The molecule has 0 saturated heterocycles. The van der Waals surface area contributed by atoms with Gasteiger partial charge in [-0.1, -0.05) is 0 Å². The Morgan fingerprint density at radius 3 is 3.00 bits per heavy atom. The number of aromatic nitrogens is 1. The van der Waals surface area contributed by atoms with Crippen LogP contribution in [0.25, 0.3) is 0 Å². The van der Waals surface area contributed by atoms with Gasteiger partial charge in [-0.2, -0.15) is 0 Å².